The number of rotatable bonds is 21. The van der Waals surface area contributed by atoms with E-state index < -0.39 is 27.8 Å². The number of nitro groups is 2. The van der Waals surface area contributed by atoms with Gasteiger partial charge in [0.2, 0.25) is 11.8 Å². The molecule has 3 aromatic carbocycles. The maximum absolute atomic E-state index is 12.9. The average Bonchev–Trinajstić information content (AvgIpc) is 3.09. The molecule has 0 saturated heterocycles. The number of amides is 2. The van der Waals surface area contributed by atoms with Crippen molar-refractivity contribution in [2.45, 2.75) is 77.8 Å². The lowest BCUT2D eigenvalue weighted by atomic mass is 10.0. The van der Waals surface area contributed by atoms with Crippen molar-refractivity contribution in [1.82, 2.24) is 15.5 Å². The number of nitrogens with zero attached hydrogens (tertiary/aromatic N) is 3. The highest BCUT2D eigenvalue weighted by Crippen LogP contribution is 2.26. The van der Waals surface area contributed by atoms with Crippen LogP contribution in [0.5, 0.6) is 0 Å². The number of fused-ring (bicyclic) bond motifs is 1. The Morgan fingerprint density at radius 3 is 2.28 bits per heavy atom. The molecule has 3 rings (SSSR count). The van der Waals surface area contributed by atoms with E-state index in [0.717, 1.165) is 22.4 Å². The Kier molecular flexibility index (Phi) is 19.1. The highest BCUT2D eigenvalue weighted by Gasteiger charge is 2.22. The number of benzene rings is 3. The van der Waals surface area contributed by atoms with Gasteiger partial charge in [0.25, 0.3) is 11.4 Å². The highest BCUT2D eigenvalue weighted by atomic mass is 32.2. The predicted molar refractivity (Wildman–Crippen MR) is 197 cm³/mol. The molecule has 0 bridgehead atoms. The van der Waals surface area contributed by atoms with E-state index in [-0.39, 0.29) is 36.8 Å². The predicted octanol–water partition coefficient (Wildman–Crippen LogP) is 6.51. The van der Waals surface area contributed by atoms with Crippen LogP contribution in [0.25, 0.3) is 10.8 Å². The van der Waals surface area contributed by atoms with Crippen LogP contribution in [0.2, 0.25) is 0 Å². The van der Waals surface area contributed by atoms with Crippen LogP contribution in [-0.2, 0) is 27.3 Å². The molecule has 0 spiro atoms. The number of nitrogens with one attached hydrogen (secondary N) is 2. The van der Waals surface area contributed by atoms with Gasteiger partial charge in [0.15, 0.2) is 0 Å². The van der Waals surface area contributed by atoms with Crippen LogP contribution in [-0.4, -0.2) is 75.3 Å². The lowest BCUT2D eigenvalue weighted by Crippen LogP contribution is -2.47. The molecule has 13 nitrogen and oxygen atoms in total. The normalized spacial score (nSPS) is 11.4. The van der Waals surface area contributed by atoms with E-state index in [0.29, 0.717) is 56.5 Å². The third-order valence-corrected chi connectivity index (χ3v) is 8.61. The van der Waals surface area contributed by atoms with E-state index in [9.17, 15) is 39.7 Å². The van der Waals surface area contributed by atoms with Gasteiger partial charge in [-0.1, -0.05) is 75.6 Å². The number of hydrogen-bond acceptors (Lipinski definition) is 9. The van der Waals surface area contributed by atoms with Crippen molar-refractivity contribution in [2.75, 3.05) is 31.6 Å². The minimum Gasteiger partial charge on any atom is -0.480 e. The molecule has 272 valence electrons. The maximum Gasteiger partial charge on any atom is 0.326 e. The molecule has 3 N–H and O–H groups in total. The minimum atomic E-state index is -1.08. The second kappa shape index (κ2) is 23.0. The number of thioether (sulfide) groups is 1. The van der Waals surface area contributed by atoms with Gasteiger partial charge >= 0.3 is 5.97 Å². The largest absolute Gasteiger partial charge is 0.480 e. The smallest absolute Gasteiger partial charge is 0.326 e. The van der Waals surface area contributed by atoms with Crippen LogP contribution in [0.15, 0.2) is 60.7 Å². The molecule has 3 aromatic rings. The average molecular weight is 712 g/mol. The summed E-state index contributed by atoms with van der Waals surface area (Å²) in [6.45, 7) is 5.37. The molecule has 0 heterocycles. The lowest BCUT2D eigenvalue weighted by molar-refractivity contribution is -0.394. The van der Waals surface area contributed by atoms with E-state index in [2.05, 4.69) is 24.5 Å². The van der Waals surface area contributed by atoms with E-state index in [1.807, 2.05) is 53.6 Å². The van der Waals surface area contributed by atoms with Crippen molar-refractivity contribution in [2.24, 2.45) is 0 Å². The molecule has 0 unspecified atom stereocenters. The fourth-order valence-corrected chi connectivity index (χ4v) is 5.56. The summed E-state index contributed by atoms with van der Waals surface area (Å²) in [7, 11) is 0. The standard InChI is InChI=1S/C32H39N5O8S.C4H10/c1-46-19-16-28(32(40)41)34-31(39)22-35(21-25-11-7-10-23-8-5-6-12-27(23)25)18-17-33-30(38)13-4-2-3-9-24-14-15-26(36(42)43)20-29(24)37(44)45;1-3-4-2/h5-8,10-12,14-15,20,28H,2-4,9,13,16-19,21-22H2,1H3,(H,33,38)(H,34,39)(H,40,41);3-4H2,1-2H3/t28-;/m0./s1. The summed E-state index contributed by atoms with van der Waals surface area (Å²) in [6, 6.07) is 16.5. The van der Waals surface area contributed by atoms with Crippen molar-refractivity contribution >= 4 is 51.7 Å². The molecular weight excluding hydrogens is 662 g/mol. The summed E-state index contributed by atoms with van der Waals surface area (Å²) in [5.74, 6) is -1.06. The summed E-state index contributed by atoms with van der Waals surface area (Å²) < 4.78 is 0. The number of carboxylic acids is 1. The first kappa shape index (κ1) is 41.6. The van der Waals surface area contributed by atoms with Crippen LogP contribution in [0, 0.1) is 20.2 Å². The molecule has 0 aromatic heterocycles. The van der Waals surface area contributed by atoms with Crippen LogP contribution in [0.3, 0.4) is 0 Å². The van der Waals surface area contributed by atoms with E-state index in [1.54, 1.807) is 0 Å². The molecule has 0 aliphatic carbocycles. The van der Waals surface area contributed by atoms with Crippen LogP contribution in [0.4, 0.5) is 11.4 Å². The van der Waals surface area contributed by atoms with Gasteiger partial charge < -0.3 is 15.7 Å². The van der Waals surface area contributed by atoms with Gasteiger partial charge in [-0.05, 0) is 60.1 Å². The third kappa shape index (κ3) is 14.9. The first-order chi connectivity index (χ1) is 24.0. The summed E-state index contributed by atoms with van der Waals surface area (Å²) in [5, 5.41) is 39.4. The van der Waals surface area contributed by atoms with E-state index in [4.69, 9.17) is 0 Å². The zero-order valence-corrected chi connectivity index (χ0v) is 29.9. The Bertz CT molecular complexity index is 1560. The van der Waals surface area contributed by atoms with Crippen molar-refractivity contribution in [3.8, 4) is 0 Å². The number of carboxylic acid groups (broad SMARTS) is 1. The Hall–Kier alpha value is -4.56. The van der Waals surface area contributed by atoms with E-state index >= 15 is 0 Å². The number of nitro benzene ring substituents is 2. The van der Waals surface area contributed by atoms with Crippen LogP contribution in [0.1, 0.15) is 69.9 Å². The fourth-order valence-electron chi connectivity index (χ4n) is 5.09. The highest BCUT2D eigenvalue weighted by molar-refractivity contribution is 7.98. The van der Waals surface area contributed by atoms with E-state index in [1.165, 1.54) is 36.7 Å². The number of aliphatic carboxylic acids is 1. The number of carbonyl (C=O) groups excluding carboxylic acids is 2. The summed E-state index contributed by atoms with van der Waals surface area (Å²) in [5.41, 5.74) is 0.795. The molecule has 0 saturated carbocycles. The third-order valence-electron chi connectivity index (χ3n) is 7.96. The number of carbonyl (C=O) groups is 3. The van der Waals surface area contributed by atoms with Gasteiger partial charge in [-0.15, -0.1) is 0 Å². The molecule has 0 fully saturated rings. The van der Waals surface area contributed by atoms with Gasteiger partial charge in [0.05, 0.1) is 22.5 Å². The van der Waals surface area contributed by atoms with Crippen molar-refractivity contribution in [3.05, 3.63) is 92.0 Å². The Balaban J connectivity index is 0.00000205. The zero-order chi connectivity index (χ0) is 36.9. The lowest BCUT2D eigenvalue weighted by Gasteiger charge is -2.24. The Labute approximate surface area is 297 Å². The van der Waals surface area contributed by atoms with Gasteiger partial charge in [-0.2, -0.15) is 11.8 Å². The maximum atomic E-state index is 12.9. The first-order valence-corrected chi connectivity index (χ1v) is 18.3. The summed E-state index contributed by atoms with van der Waals surface area (Å²) in [6.07, 6.45) is 7.21. The van der Waals surface area contributed by atoms with Gasteiger partial charge in [-0.3, -0.25) is 34.7 Å². The molecule has 2 amide bonds. The number of hydrogen-bond donors (Lipinski definition) is 3. The molecule has 1 atom stereocenters. The fraction of sp³-hybridized carbons (Fsp3) is 0.472. The van der Waals surface area contributed by atoms with Gasteiger partial charge in [0, 0.05) is 37.7 Å². The molecule has 0 radical (unpaired) electrons. The van der Waals surface area contributed by atoms with Gasteiger partial charge in [0.1, 0.15) is 6.04 Å². The van der Waals surface area contributed by atoms with Crippen molar-refractivity contribution in [3.63, 3.8) is 0 Å². The first-order valence-electron chi connectivity index (χ1n) is 16.9. The zero-order valence-electron chi connectivity index (χ0n) is 29.1. The second-order valence-electron chi connectivity index (χ2n) is 11.8. The Morgan fingerprint density at radius 2 is 1.62 bits per heavy atom. The number of aryl methyl sites for hydroxylation is 1. The minimum absolute atomic E-state index is 0.0447. The Morgan fingerprint density at radius 1 is 0.900 bits per heavy atom. The second-order valence-corrected chi connectivity index (χ2v) is 12.8. The van der Waals surface area contributed by atoms with Crippen LogP contribution < -0.4 is 10.6 Å². The summed E-state index contributed by atoms with van der Waals surface area (Å²) >= 11 is 1.50. The van der Waals surface area contributed by atoms with Crippen molar-refractivity contribution in [1.29, 1.82) is 0 Å². The quantitative estimate of drug-likeness (QED) is 0.0625. The van der Waals surface area contributed by atoms with Crippen molar-refractivity contribution < 1.29 is 29.3 Å². The number of non-ortho nitro benzene ring substituents is 1. The van der Waals surface area contributed by atoms with Gasteiger partial charge in [-0.25, -0.2) is 4.79 Å². The molecule has 0 aliphatic heterocycles. The topological polar surface area (TPSA) is 185 Å². The monoisotopic (exact) mass is 711 g/mol. The molecule has 0 aliphatic rings. The van der Waals surface area contributed by atoms with Crippen LogP contribution >= 0.6 is 11.8 Å². The SMILES string of the molecule is CCCC.CSCC[C@H](NC(=O)CN(CCNC(=O)CCCCCc1ccc([N+](=O)[O-])cc1[N+](=O)[O-])Cc1cccc2ccccc12)C(=O)O. The number of unbranched alkanes of at least 4 members (excludes halogenated alkanes) is 3. The molecular formula is C36H49N5O8S. The molecule has 50 heavy (non-hydrogen) atoms. The summed E-state index contributed by atoms with van der Waals surface area (Å²) in [4.78, 5) is 60.0. The molecule has 14 heteroatoms.